The van der Waals surface area contributed by atoms with Gasteiger partial charge in [-0.15, -0.1) is 0 Å². The minimum absolute atomic E-state index is 0.893. The first-order chi connectivity index (χ1) is 7.38. The Balaban J connectivity index is 2.05. The van der Waals surface area contributed by atoms with Crippen molar-refractivity contribution in [3.05, 3.63) is 53.6 Å². The van der Waals surface area contributed by atoms with E-state index in [1.54, 1.807) is 0 Å². The molecule has 0 bridgehead atoms. The molecular formula is C13H16N2. The minimum Gasteiger partial charge on any atom is -0.348 e. The van der Waals surface area contributed by atoms with Crippen LogP contribution in [-0.2, 0) is 12.8 Å². The van der Waals surface area contributed by atoms with Gasteiger partial charge in [0.25, 0.3) is 0 Å². The molecule has 2 rings (SSSR count). The van der Waals surface area contributed by atoms with E-state index in [0.717, 1.165) is 25.1 Å². The van der Waals surface area contributed by atoms with Gasteiger partial charge >= 0.3 is 0 Å². The molecule has 0 spiro atoms. The Morgan fingerprint density at radius 1 is 1.20 bits per heavy atom. The van der Waals surface area contributed by atoms with Crippen LogP contribution in [0.1, 0.15) is 30.4 Å². The molecule has 78 valence electrons. The van der Waals surface area contributed by atoms with E-state index in [-0.39, 0.29) is 0 Å². The summed E-state index contributed by atoms with van der Waals surface area (Å²) in [5, 5.41) is 0. The summed E-state index contributed by atoms with van der Waals surface area (Å²) in [4.78, 5) is 7.77. The third kappa shape index (κ3) is 2.69. The van der Waals surface area contributed by atoms with Crippen LogP contribution < -0.4 is 0 Å². The quantitative estimate of drug-likeness (QED) is 0.807. The zero-order valence-electron chi connectivity index (χ0n) is 9.03. The number of benzene rings is 1. The molecule has 0 atom stereocenters. The van der Waals surface area contributed by atoms with Crippen molar-refractivity contribution >= 4 is 0 Å². The van der Waals surface area contributed by atoms with Gasteiger partial charge < -0.3 is 4.98 Å². The smallest absolute Gasteiger partial charge is 0.110 e. The maximum Gasteiger partial charge on any atom is 0.110 e. The average Bonchev–Trinajstić information content (AvgIpc) is 2.68. The van der Waals surface area contributed by atoms with Gasteiger partial charge in [-0.2, -0.15) is 0 Å². The van der Waals surface area contributed by atoms with Gasteiger partial charge in [0, 0.05) is 12.6 Å². The maximum atomic E-state index is 4.54. The van der Waals surface area contributed by atoms with Gasteiger partial charge in [0.1, 0.15) is 5.82 Å². The van der Waals surface area contributed by atoms with Crippen molar-refractivity contribution in [1.82, 2.24) is 9.97 Å². The van der Waals surface area contributed by atoms with Crippen molar-refractivity contribution in [3.8, 4) is 0 Å². The van der Waals surface area contributed by atoms with Crippen molar-refractivity contribution in [3.63, 3.8) is 0 Å². The predicted molar refractivity (Wildman–Crippen MR) is 61.8 cm³/mol. The number of aromatic amines is 1. The van der Waals surface area contributed by atoms with E-state index in [4.69, 9.17) is 0 Å². The molecule has 0 aliphatic rings. The fourth-order valence-electron chi connectivity index (χ4n) is 1.67. The van der Waals surface area contributed by atoms with Gasteiger partial charge in [0.15, 0.2) is 0 Å². The summed E-state index contributed by atoms with van der Waals surface area (Å²) < 4.78 is 0. The van der Waals surface area contributed by atoms with Gasteiger partial charge in [0.05, 0.1) is 5.69 Å². The van der Waals surface area contributed by atoms with Crippen molar-refractivity contribution < 1.29 is 0 Å². The summed E-state index contributed by atoms with van der Waals surface area (Å²) in [5.41, 5.74) is 2.47. The highest BCUT2D eigenvalue weighted by atomic mass is 14.9. The third-order valence-corrected chi connectivity index (χ3v) is 2.40. The average molecular weight is 200 g/mol. The summed E-state index contributed by atoms with van der Waals surface area (Å²) in [6.07, 6.45) is 5.12. The highest BCUT2D eigenvalue weighted by molar-refractivity contribution is 5.19. The van der Waals surface area contributed by atoms with E-state index in [0.29, 0.717) is 0 Å². The van der Waals surface area contributed by atoms with Crippen molar-refractivity contribution in [2.75, 3.05) is 0 Å². The second-order valence-corrected chi connectivity index (χ2v) is 3.75. The number of imidazole rings is 1. The number of nitrogens with zero attached hydrogens (tertiary/aromatic N) is 1. The van der Waals surface area contributed by atoms with Crippen molar-refractivity contribution in [1.29, 1.82) is 0 Å². The molecule has 1 aromatic carbocycles. The standard InChI is InChI=1S/C13H16N2/c1-2-6-12-10-14-13(15-12)9-11-7-4-3-5-8-11/h3-5,7-8,10H,2,6,9H2,1H3,(H,14,15). The number of nitrogens with one attached hydrogen (secondary N) is 1. The molecule has 1 N–H and O–H groups in total. The van der Waals surface area contributed by atoms with Crippen LogP contribution in [0.25, 0.3) is 0 Å². The molecule has 0 fully saturated rings. The molecule has 2 nitrogen and oxygen atoms in total. The van der Waals surface area contributed by atoms with Crippen LogP contribution in [-0.4, -0.2) is 9.97 Å². The van der Waals surface area contributed by atoms with Crippen LogP contribution in [0.2, 0.25) is 0 Å². The number of hydrogen-bond donors (Lipinski definition) is 1. The molecule has 1 aromatic heterocycles. The van der Waals surface area contributed by atoms with E-state index >= 15 is 0 Å². The summed E-state index contributed by atoms with van der Waals surface area (Å²) in [7, 11) is 0. The molecule has 15 heavy (non-hydrogen) atoms. The third-order valence-electron chi connectivity index (χ3n) is 2.40. The van der Waals surface area contributed by atoms with Gasteiger partial charge in [-0.1, -0.05) is 43.7 Å². The highest BCUT2D eigenvalue weighted by Crippen LogP contribution is 2.07. The Morgan fingerprint density at radius 2 is 2.00 bits per heavy atom. The Bertz CT molecular complexity index is 403. The molecule has 0 amide bonds. The Kier molecular flexibility index (Phi) is 3.18. The van der Waals surface area contributed by atoms with Crippen LogP contribution in [0.5, 0.6) is 0 Å². The van der Waals surface area contributed by atoms with E-state index in [2.05, 4.69) is 41.2 Å². The fraction of sp³-hybridized carbons (Fsp3) is 0.308. The first-order valence-corrected chi connectivity index (χ1v) is 5.45. The monoisotopic (exact) mass is 200 g/mol. The molecular weight excluding hydrogens is 184 g/mol. The van der Waals surface area contributed by atoms with Gasteiger partial charge in [-0.3, -0.25) is 0 Å². The van der Waals surface area contributed by atoms with Crippen LogP contribution in [0.3, 0.4) is 0 Å². The van der Waals surface area contributed by atoms with Crippen molar-refractivity contribution in [2.24, 2.45) is 0 Å². The lowest BCUT2D eigenvalue weighted by atomic mass is 10.1. The number of H-pyrrole nitrogens is 1. The molecule has 0 radical (unpaired) electrons. The van der Waals surface area contributed by atoms with Crippen LogP contribution >= 0.6 is 0 Å². The second-order valence-electron chi connectivity index (χ2n) is 3.75. The lowest BCUT2D eigenvalue weighted by Crippen LogP contribution is -1.90. The fourth-order valence-corrected chi connectivity index (χ4v) is 1.67. The zero-order valence-corrected chi connectivity index (χ0v) is 9.03. The van der Waals surface area contributed by atoms with Gasteiger partial charge in [-0.05, 0) is 12.0 Å². The highest BCUT2D eigenvalue weighted by Gasteiger charge is 2.01. The minimum atomic E-state index is 0.893. The predicted octanol–water partition coefficient (Wildman–Crippen LogP) is 2.95. The Hall–Kier alpha value is -1.57. The van der Waals surface area contributed by atoms with E-state index in [1.165, 1.54) is 11.3 Å². The summed E-state index contributed by atoms with van der Waals surface area (Å²) in [5.74, 6) is 1.06. The number of aromatic nitrogens is 2. The Morgan fingerprint density at radius 3 is 2.73 bits per heavy atom. The molecule has 0 saturated carbocycles. The summed E-state index contributed by atoms with van der Waals surface area (Å²) in [6.45, 7) is 2.17. The molecule has 2 aromatic rings. The molecule has 0 unspecified atom stereocenters. The van der Waals surface area contributed by atoms with Crippen LogP contribution in [0.4, 0.5) is 0 Å². The molecule has 2 heteroatoms. The first-order valence-electron chi connectivity index (χ1n) is 5.45. The lowest BCUT2D eigenvalue weighted by Gasteiger charge is -1.96. The SMILES string of the molecule is CCCc1c[nH]c(Cc2ccccc2)n1. The normalized spacial score (nSPS) is 10.5. The van der Waals surface area contributed by atoms with E-state index in [1.807, 2.05) is 12.3 Å². The van der Waals surface area contributed by atoms with Crippen LogP contribution in [0.15, 0.2) is 36.5 Å². The summed E-state index contributed by atoms with van der Waals surface area (Å²) in [6, 6.07) is 10.4. The van der Waals surface area contributed by atoms with E-state index in [9.17, 15) is 0 Å². The van der Waals surface area contributed by atoms with Crippen LogP contribution in [0, 0.1) is 0 Å². The molecule has 0 aliphatic carbocycles. The van der Waals surface area contributed by atoms with Crippen molar-refractivity contribution in [2.45, 2.75) is 26.2 Å². The number of rotatable bonds is 4. The lowest BCUT2D eigenvalue weighted by molar-refractivity contribution is 0.882. The Labute approximate surface area is 90.4 Å². The second kappa shape index (κ2) is 4.78. The topological polar surface area (TPSA) is 28.7 Å². The number of aryl methyl sites for hydroxylation is 1. The largest absolute Gasteiger partial charge is 0.348 e. The maximum absolute atomic E-state index is 4.54. The first kappa shape index (κ1) is 9.97. The zero-order chi connectivity index (χ0) is 10.5. The molecule has 1 heterocycles. The number of hydrogen-bond acceptors (Lipinski definition) is 1. The summed E-state index contributed by atoms with van der Waals surface area (Å²) >= 11 is 0. The molecule has 0 aliphatic heterocycles. The molecule has 0 saturated heterocycles. The van der Waals surface area contributed by atoms with Gasteiger partial charge in [-0.25, -0.2) is 4.98 Å². The van der Waals surface area contributed by atoms with E-state index < -0.39 is 0 Å². The van der Waals surface area contributed by atoms with Gasteiger partial charge in [0.2, 0.25) is 0 Å².